The van der Waals surface area contributed by atoms with Crippen LogP contribution in [-0.2, 0) is 20.9 Å². The van der Waals surface area contributed by atoms with Crippen LogP contribution in [-0.4, -0.2) is 74.8 Å². The Balaban J connectivity index is 1.47. The fraction of sp³-hybridized carbons (Fsp3) is 0.524. The van der Waals surface area contributed by atoms with Gasteiger partial charge in [0, 0.05) is 56.9 Å². The summed E-state index contributed by atoms with van der Waals surface area (Å²) in [5.41, 5.74) is 5.74. The van der Waals surface area contributed by atoms with Crippen LogP contribution in [0.2, 0.25) is 0 Å². The zero-order valence-corrected chi connectivity index (χ0v) is 17.8. The number of aryl methyl sites for hydroxylation is 1. The number of amides is 3. The first kappa shape index (κ1) is 21.8. The van der Waals surface area contributed by atoms with Gasteiger partial charge in [0.25, 0.3) is 0 Å². The molecule has 3 rings (SSSR count). The first-order valence-corrected chi connectivity index (χ1v) is 10.2. The lowest BCUT2D eigenvalue weighted by molar-refractivity contribution is -0.142. The van der Waals surface area contributed by atoms with Crippen LogP contribution in [0.4, 0.5) is 0 Å². The highest BCUT2D eigenvalue weighted by Gasteiger charge is 2.30. The van der Waals surface area contributed by atoms with Crippen molar-refractivity contribution in [2.45, 2.75) is 45.3 Å². The Morgan fingerprint density at radius 3 is 2.50 bits per heavy atom. The number of hydrogen-bond donors (Lipinski definition) is 2. The van der Waals surface area contributed by atoms with Crippen molar-refractivity contribution in [2.75, 3.05) is 26.2 Å². The summed E-state index contributed by atoms with van der Waals surface area (Å²) < 4.78 is 2.03. The average molecular weight is 415 g/mol. The summed E-state index contributed by atoms with van der Waals surface area (Å²) in [5, 5.41) is 3.76. The van der Waals surface area contributed by atoms with Gasteiger partial charge in [-0.25, -0.2) is 0 Å². The molecule has 1 fully saturated rings. The molecule has 3 heterocycles. The van der Waals surface area contributed by atoms with Crippen LogP contribution < -0.4 is 11.1 Å². The smallest absolute Gasteiger partial charge is 0.244 e. The quantitative estimate of drug-likeness (QED) is 0.708. The van der Waals surface area contributed by atoms with Crippen molar-refractivity contribution < 1.29 is 14.4 Å². The van der Waals surface area contributed by atoms with E-state index in [1.807, 2.05) is 22.9 Å². The average Bonchev–Trinajstić information content (AvgIpc) is 3.14. The monoisotopic (exact) mass is 414 g/mol. The molecule has 1 aliphatic heterocycles. The molecule has 0 spiro atoms. The third kappa shape index (κ3) is 4.96. The van der Waals surface area contributed by atoms with E-state index in [-0.39, 0.29) is 17.7 Å². The molecule has 30 heavy (non-hydrogen) atoms. The first-order valence-electron chi connectivity index (χ1n) is 10.2. The predicted octanol–water partition coefficient (Wildman–Crippen LogP) is 0.339. The molecule has 1 atom stereocenters. The molecule has 0 radical (unpaired) electrons. The van der Waals surface area contributed by atoms with Gasteiger partial charge in [-0.1, -0.05) is 0 Å². The number of nitrogens with two attached hydrogens (primary N) is 1. The van der Waals surface area contributed by atoms with E-state index in [0.717, 1.165) is 10.9 Å². The van der Waals surface area contributed by atoms with Gasteiger partial charge in [0.05, 0.1) is 17.3 Å². The second kappa shape index (κ2) is 8.83. The molecular weight excluding hydrogens is 384 g/mol. The molecule has 162 valence electrons. The van der Waals surface area contributed by atoms with Crippen molar-refractivity contribution in [3.8, 4) is 0 Å². The van der Waals surface area contributed by atoms with Crippen LogP contribution in [0.5, 0.6) is 0 Å². The van der Waals surface area contributed by atoms with Crippen molar-refractivity contribution in [2.24, 2.45) is 5.73 Å². The molecule has 0 unspecified atom stereocenters. The van der Waals surface area contributed by atoms with E-state index in [1.165, 1.54) is 0 Å². The van der Waals surface area contributed by atoms with Crippen molar-refractivity contribution in [1.29, 1.82) is 0 Å². The number of piperazine rings is 1. The number of carbonyl (C=O) groups excluding carboxylic acids is 3. The SMILES string of the molecule is C[C@@H](NC(=O)C(C)(C)N)C(=O)N1CCN(C(=O)CCn2ccc3ccncc32)CC1. The summed E-state index contributed by atoms with van der Waals surface area (Å²) in [6.45, 7) is 7.31. The third-order valence-corrected chi connectivity index (χ3v) is 5.39. The number of fused-ring (bicyclic) bond motifs is 1. The van der Waals surface area contributed by atoms with Gasteiger partial charge in [0.1, 0.15) is 6.04 Å². The van der Waals surface area contributed by atoms with Gasteiger partial charge in [-0.2, -0.15) is 0 Å². The summed E-state index contributed by atoms with van der Waals surface area (Å²) in [6.07, 6.45) is 5.91. The predicted molar refractivity (Wildman–Crippen MR) is 113 cm³/mol. The van der Waals surface area contributed by atoms with E-state index in [0.29, 0.717) is 39.1 Å². The number of pyridine rings is 1. The van der Waals surface area contributed by atoms with Crippen molar-refractivity contribution in [3.63, 3.8) is 0 Å². The van der Waals surface area contributed by atoms with Crippen LogP contribution in [0, 0.1) is 0 Å². The lowest BCUT2D eigenvalue weighted by atomic mass is 10.1. The minimum Gasteiger partial charge on any atom is -0.346 e. The second-order valence-corrected chi connectivity index (χ2v) is 8.32. The molecule has 0 bridgehead atoms. The topological polar surface area (TPSA) is 114 Å². The minimum atomic E-state index is -1.04. The van der Waals surface area contributed by atoms with Crippen molar-refractivity contribution in [1.82, 2.24) is 24.7 Å². The maximum absolute atomic E-state index is 12.6. The molecule has 3 amide bonds. The molecule has 9 nitrogen and oxygen atoms in total. The van der Waals surface area contributed by atoms with E-state index < -0.39 is 11.6 Å². The van der Waals surface area contributed by atoms with Gasteiger partial charge in [-0.3, -0.25) is 19.4 Å². The van der Waals surface area contributed by atoms with Gasteiger partial charge in [-0.15, -0.1) is 0 Å². The third-order valence-electron chi connectivity index (χ3n) is 5.39. The maximum Gasteiger partial charge on any atom is 0.244 e. The lowest BCUT2D eigenvalue weighted by Crippen LogP contribution is -2.58. The van der Waals surface area contributed by atoms with E-state index >= 15 is 0 Å². The highest BCUT2D eigenvalue weighted by atomic mass is 16.2. The molecule has 3 N–H and O–H groups in total. The first-order chi connectivity index (χ1) is 14.2. The Labute approximate surface area is 176 Å². The second-order valence-electron chi connectivity index (χ2n) is 8.32. The lowest BCUT2D eigenvalue weighted by Gasteiger charge is -2.36. The van der Waals surface area contributed by atoms with E-state index in [1.54, 1.807) is 43.0 Å². The van der Waals surface area contributed by atoms with Gasteiger partial charge in [0.15, 0.2) is 0 Å². The van der Waals surface area contributed by atoms with Crippen LogP contribution in [0.1, 0.15) is 27.2 Å². The van der Waals surface area contributed by atoms with Crippen LogP contribution in [0.25, 0.3) is 10.9 Å². The molecule has 2 aromatic rings. The van der Waals surface area contributed by atoms with Crippen molar-refractivity contribution >= 4 is 28.6 Å². The Morgan fingerprint density at radius 2 is 1.83 bits per heavy atom. The highest BCUT2D eigenvalue weighted by Crippen LogP contribution is 2.15. The number of aromatic nitrogens is 2. The fourth-order valence-electron chi connectivity index (χ4n) is 3.49. The van der Waals surface area contributed by atoms with Crippen LogP contribution in [0.15, 0.2) is 30.7 Å². The summed E-state index contributed by atoms with van der Waals surface area (Å²) >= 11 is 0. The molecule has 1 aliphatic rings. The molecular formula is C21H30N6O3. The Bertz CT molecular complexity index is 924. The number of nitrogens with one attached hydrogen (secondary N) is 1. The number of rotatable bonds is 6. The summed E-state index contributed by atoms with van der Waals surface area (Å²) in [5.74, 6) is -0.463. The fourth-order valence-corrected chi connectivity index (χ4v) is 3.49. The summed E-state index contributed by atoms with van der Waals surface area (Å²) in [7, 11) is 0. The minimum absolute atomic E-state index is 0.0686. The van der Waals surface area contributed by atoms with Gasteiger partial charge in [-0.05, 0) is 32.9 Å². The molecule has 2 aromatic heterocycles. The van der Waals surface area contributed by atoms with Crippen molar-refractivity contribution in [3.05, 3.63) is 30.7 Å². The largest absolute Gasteiger partial charge is 0.346 e. The van der Waals surface area contributed by atoms with Gasteiger partial charge >= 0.3 is 0 Å². The normalized spacial score (nSPS) is 15.9. The van der Waals surface area contributed by atoms with Crippen LogP contribution >= 0.6 is 0 Å². The number of carbonyl (C=O) groups is 3. The summed E-state index contributed by atoms with van der Waals surface area (Å²) in [6, 6.07) is 3.30. The zero-order chi connectivity index (χ0) is 21.9. The Hall–Kier alpha value is -2.94. The summed E-state index contributed by atoms with van der Waals surface area (Å²) in [4.78, 5) is 44.8. The molecule has 0 aromatic carbocycles. The standard InChI is InChI=1S/C21H30N6O3/c1-15(24-20(30)21(2,3)22)19(29)27-12-10-26(11-13-27)18(28)6-9-25-8-5-16-4-7-23-14-17(16)25/h4-5,7-8,14-15H,6,9-13,22H2,1-3H3,(H,24,30)/t15-/m1/s1. The van der Waals surface area contributed by atoms with E-state index in [4.69, 9.17) is 5.73 Å². The van der Waals surface area contributed by atoms with Gasteiger partial charge in [0.2, 0.25) is 17.7 Å². The van der Waals surface area contributed by atoms with E-state index in [2.05, 4.69) is 10.3 Å². The highest BCUT2D eigenvalue weighted by molar-refractivity contribution is 5.91. The van der Waals surface area contributed by atoms with Gasteiger partial charge < -0.3 is 25.4 Å². The molecule has 9 heteroatoms. The Morgan fingerprint density at radius 1 is 1.17 bits per heavy atom. The zero-order valence-electron chi connectivity index (χ0n) is 17.8. The molecule has 0 saturated carbocycles. The number of nitrogens with zero attached hydrogens (tertiary/aromatic N) is 4. The molecule has 1 saturated heterocycles. The maximum atomic E-state index is 12.6. The van der Waals surface area contributed by atoms with E-state index in [9.17, 15) is 14.4 Å². The molecule has 0 aliphatic carbocycles. The number of hydrogen-bond acceptors (Lipinski definition) is 5. The van der Waals surface area contributed by atoms with Crippen LogP contribution in [0.3, 0.4) is 0 Å². The Kier molecular flexibility index (Phi) is 6.40.